The molecule has 2 N–H and O–H groups in total. The van der Waals surface area contributed by atoms with Gasteiger partial charge in [0.25, 0.3) is 20.2 Å². The number of fused-ring (bicyclic) bond motifs is 1. The van der Waals surface area contributed by atoms with Gasteiger partial charge in [-0.2, -0.15) is 16.8 Å². The van der Waals surface area contributed by atoms with Crippen molar-refractivity contribution in [2.45, 2.75) is 37.5 Å². The number of hydrogen-bond acceptors (Lipinski definition) is 6. The highest BCUT2D eigenvalue weighted by molar-refractivity contribution is 7.86. The zero-order chi connectivity index (χ0) is 22.9. The van der Waals surface area contributed by atoms with Crippen LogP contribution in [0.15, 0.2) is 46.2 Å². The first-order valence-corrected chi connectivity index (χ1v) is 12.8. The first-order chi connectivity index (χ1) is 14.0. The van der Waals surface area contributed by atoms with Crippen molar-refractivity contribution in [2.24, 2.45) is 0 Å². The van der Waals surface area contributed by atoms with Crippen molar-refractivity contribution in [3.05, 3.63) is 36.4 Å². The van der Waals surface area contributed by atoms with Gasteiger partial charge in [-0.25, -0.2) is 0 Å². The molecular weight excluding hydrogens is 428 g/mol. The van der Waals surface area contributed by atoms with Crippen LogP contribution < -0.4 is 0 Å². The van der Waals surface area contributed by atoms with Gasteiger partial charge < -0.3 is 9.80 Å². The van der Waals surface area contributed by atoms with E-state index in [1.54, 1.807) is 0 Å². The van der Waals surface area contributed by atoms with Crippen molar-refractivity contribution in [2.75, 3.05) is 39.3 Å². The van der Waals surface area contributed by atoms with Crippen LogP contribution in [0.2, 0.25) is 0 Å². The Morgan fingerprint density at radius 3 is 1.30 bits per heavy atom. The minimum atomic E-state index is -4.47. The fourth-order valence-electron chi connectivity index (χ4n) is 2.76. The van der Waals surface area contributed by atoms with Gasteiger partial charge in [-0.1, -0.05) is 52.0 Å². The molecule has 8 nitrogen and oxygen atoms in total. The van der Waals surface area contributed by atoms with Crippen LogP contribution in [0.1, 0.15) is 27.7 Å². The summed E-state index contributed by atoms with van der Waals surface area (Å²) >= 11 is 0. The van der Waals surface area contributed by atoms with E-state index < -0.39 is 30.0 Å². The Morgan fingerprint density at radius 1 is 0.767 bits per heavy atom. The van der Waals surface area contributed by atoms with Crippen molar-refractivity contribution in [3.63, 3.8) is 0 Å². The molecule has 1 aliphatic heterocycles. The molecule has 2 aromatic carbocycles. The van der Waals surface area contributed by atoms with E-state index >= 15 is 0 Å². The van der Waals surface area contributed by atoms with Gasteiger partial charge in [-0.05, 0) is 38.3 Å². The number of hydrogen-bond donors (Lipinski definition) is 2. The second-order valence-electron chi connectivity index (χ2n) is 6.61. The van der Waals surface area contributed by atoms with Crippen LogP contribution in [-0.2, 0) is 20.2 Å². The summed E-state index contributed by atoms with van der Waals surface area (Å²) in [5.41, 5.74) is 0. The number of likely N-dealkylation sites (N-methyl/N-ethyl adjacent to an activating group) is 1. The molecule has 0 spiro atoms. The minimum absolute atomic E-state index is 0.0233. The zero-order valence-electron chi connectivity index (χ0n) is 17.9. The molecule has 1 aliphatic rings. The van der Waals surface area contributed by atoms with Crippen LogP contribution in [0, 0.1) is 0 Å². The molecule has 10 heteroatoms. The van der Waals surface area contributed by atoms with Crippen molar-refractivity contribution in [1.29, 1.82) is 0 Å². The topological polar surface area (TPSA) is 115 Å². The monoisotopic (exact) mass is 460 g/mol. The molecule has 0 saturated carbocycles. The highest BCUT2D eigenvalue weighted by atomic mass is 32.2. The predicted octanol–water partition coefficient (Wildman–Crippen LogP) is 3.00. The van der Waals surface area contributed by atoms with E-state index in [1.165, 1.54) is 63.5 Å². The standard InChI is InChI=1S/C10H8O6S2.C6H15N.C4H9N/c11-17(12,13)9-5-1-3-7-8(9)4-2-6-10(7)18(14,15)16;1-4-7(5-2)6-3;1-2-5-3-4-5/h1-6H,(H,11,12,13)(H,14,15,16);4-6H2,1-3H3;2-4H2,1H3. The molecule has 0 atom stereocenters. The fraction of sp³-hybridized carbons (Fsp3) is 0.500. The van der Waals surface area contributed by atoms with Crippen LogP contribution in [0.4, 0.5) is 0 Å². The lowest BCUT2D eigenvalue weighted by Gasteiger charge is -2.13. The smallest absolute Gasteiger partial charge is 0.295 e. The molecule has 0 aromatic heterocycles. The molecule has 0 bridgehead atoms. The van der Waals surface area contributed by atoms with Gasteiger partial charge in [0.15, 0.2) is 0 Å². The molecular formula is C20H32N2O6S2. The Morgan fingerprint density at radius 2 is 1.13 bits per heavy atom. The molecule has 1 saturated heterocycles. The van der Waals surface area contributed by atoms with Crippen LogP contribution in [-0.4, -0.2) is 75.0 Å². The van der Waals surface area contributed by atoms with E-state index in [2.05, 4.69) is 37.5 Å². The van der Waals surface area contributed by atoms with E-state index in [0.717, 1.165) is 12.1 Å². The van der Waals surface area contributed by atoms with Gasteiger partial charge in [-0.15, -0.1) is 0 Å². The lowest BCUT2D eigenvalue weighted by molar-refractivity contribution is 0.321. The summed E-state index contributed by atoms with van der Waals surface area (Å²) in [5, 5.41) is 0.0465. The Labute approximate surface area is 180 Å². The highest BCUT2D eigenvalue weighted by Crippen LogP contribution is 2.27. The van der Waals surface area contributed by atoms with Gasteiger partial charge >= 0.3 is 0 Å². The van der Waals surface area contributed by atoms with Crippen LogP contribution in [0.3, 0.4) is 0 Å². The van der Waals surface area contributed by atoms with Gasteiger partial charge in [0.1, 0.15) is 9.79 Å². The molecule has 3 rings (SSSR count). The van der Waals surface area contributed by atoms with Crippen LogP contribution >= 0.6 is 0 Å². The average Bonchev–Trinajstić information content (AvgIpc) is 3.52. The van der Waals surface area contributed by atoms with Gasteiger partial charge in [0, 0.05) is 23.9 Å². The Bertz CT molecular complexity index is 938. The second-order valence-corrected chi connectivity index (χ2v) is 9.39. The molecule has 1 fully saturated rings. The third-order valence-corrected chi connectivity index (χ3v) is 6.55. The largest absolute Gasteiger partial charge is 0.304 e. The predicted molar refractivity (Wildman–Crippen MR) is 119 cm³/mol. The maximum absolute atomic E-state index is 11.2. The molecule has 2 aromatic rings. The minimum Gasteiger partial charge on any atom is -0.304 e. The number of benzene rings is 2. The van der Waals surface area contributed by atoms with Crippen LogP contribution in [0.25, 0.3) is 10.8 Å². The number of nitrogens with zero attached hydrogens (tertiary/aromatic N) is 2. The van der Waals surface area contributed by atoms with E-state index in [0.29, 0.717) is 0 Å². The molecule has 170 valence electrons. The van der Waals surface area contributed by atoms with Crippen LogP contribution in [0.5, 0.6) is 0 Å². The third kappa shape index (κ3) is 8.29. The van der Waals surface area contributed by atoms with E-state index in [4.69, 9.17) is 9.11 Å². The van der Waals surface area contributed by atoms with E-state index in [9.17, 15) is 16.8 Å². The quantitative estimate of drug-likeness (QED) is 0.499. The van der Waals surface area contributed by atoms with Crippen molar-refractivity contribution >= 4 is 31.0 Å². The maximum atomic E-state index is 11.2. The lowest BCUT2D eigenvalue weighted by atomic mass is 10.1. The maximum Gasteiger partial charge on any atom is 0.295 e. The summed E-state index contributed by atoms with van der Waals surface area (Å²) in [4.78, 5) is 3.93. The summed E-state index contributed by atoms with van der Waals surface area (Å²) in [6.45, 7) is 16.2. The SMILES string of the molecule is CCN(CC)CC.CCN1CC1.O=S(=O)(O)c1cccc2c(S(=O)(=O)O)cccc12. The Hall–Kier alpha value is -1.56. The Balaban J connectivity index is 0.000000307. The summed E-state index contributed by atoms with van der Waals surface area (Å²) < 4.78 is 62.7. The van der Waals surface area contributed by atoms with Gasteiger partial charge in [0.2, 0.25) is 0 Å². The summed E-state index contributed by atoms with van der Waals surface area (Å²) in [5.74, 6) is 0. The molecule has 0 unspecified atom stereocenters. The van der Waals surface area contributed by atoms with Gasteiger partial charge in [-0.3, -0.25) is 9.11 Å². The molecule has 1 heterocycles. The number of rotatable bonds is 6. The summed E-state index contributed by atoms with van der Waals surface area (Å²) in [7, 11) is -8.94. The molecule has 0 amide bonds. The lowest BCUT2D eigenvalue weighted by Crippen LogP contribution is -2.21. The molecule has 30 heavy (non-hydrogen) atoms. The van der Waals surface area contributed by atoms with E-state index in [1.807, 2.05) is 0 Å². The fourth-order valence-corrected chi connectivity index (χ4v) is 4.17. The summed E-state index contributed by atoms with van der Waals surface area (Å²) in [6, 6.07) is 7.53. The molecule has 0 aliphatic carbocycles. The first kappa shape index (κ1) is 26.5. The van der Waals surface area contributed by atoms with Gasteiger partial charge in [0.05, 0.1) is 0 Å². The normalized spacial score (nSPS) is 14.0. The van der Waals surface area contributed by atoms with Crippen molar-refractivity contribution < 1.29 is 25.9 Å². The highest BCUT2D eigenvalue weighted by Gasteiger charge is 2.19. The first-order valence-electron chi connectivity index (χ1n) is 9.90. The van der Waals surface area contributed by atoms with Crippen molar-refractivity contribution in [1.82, 2.24) is 9.80 Å². The summed E-state index contributed by atoms with van der Waals surface area (Å²) in [6.07, 6.45) is 0. The molecule has 0 radical (unpaired) electrons. The Kier molecular flexibility index (Phi) is 10.4. The zero-order valence-corrected chi connectivity index (χ0v) is 19.6. The average molecular weight is 461 g/mol. The second kappa shape index (κ2) is 11.7. The third-order valence-electron chi connectivity index (χ3n) is 4.73. The van der Waals surface area contributed by atoms with Crippen molar-refractivity contribution in [3.8, 4) is 0 Å². The van der Waals surface area contributed by atoms with E-state index in [-0.39, 0.29) is 10.8 Å².